The van der Waals surface area contributed by atoms with Gasteiger partial charge in [0.15, 0.2) is 0 Å². The number of rotatable bonds is 4. The zero-order chi connectivity index (χ0) is 16.4. The Kier molecular flexibility index (Phi) is 4.45. The first-order valence-electron chi connectivity index (χ1n) is 7.55. The lowest BCUT2D eigenvalue weighted by Crippen LogP contribution is -2.41. The van der Waals surface area contributed by atoms with E-state index in [9.17, 15) is 12.8 Å². The second kappa shape index (κ2) is 6.37. The molecule has 0 aliphatic carbocycles. The maximum absolute atomic E-state index is 14.0. The predicted octanol–water partition coefficient (Wildman–Crippen LogP) is 1.83. The minimum atomic E-state index is -3.81. The average Bonchev–Trinajstić information content (AvgIpc) is 3.03. The molecule has 0 saturated carbocycles. The average molecular weight is 338 g/mol. The highest BCUT2D eigenvalue weighted by molar-refractivity contribution is 7.89. The fourth-order valence-corrected chi connectivity index (χ4v) is 4.64. The maximum atomic E-state index is 14.0. The van der Waals surface area contributed by atoms with E-state index in [0.717, 1.165) is 18.4 Å². The van der Waals surface area contributed by atoms with E-state index < -0.39 is 15.8 Å². The summed E-state index contributed by atoms with van der Waals surface area (Å²) in [5, 5.41) is 4.06. The number of aryl methyl sites for hydroxylation is 1. The van der Waals surface area contributed by atoms with Crippen molar-refractivity contribution in [2.75, 3.05) is 13.1 Å². The smallest absolute Gasteiger partial charge is 0.246 e. The van der Waals surface area contributed by atoms with Crippen LogP contribution < -0.4 is 0 Å². The van der Waals surface area contributed by atoms with Crippen LogP contribution in [-0.2, 0) is 16.6 Å². The lowest BCUT2D eigenvalue weighted by atomic mass is 10.00. The van der Waals surface area contributed by atoms with Crippen LogP contribution in [0.15, 0.2) is 35.7 Å². The molecular weight excluding hydrogens is 319 g/mol. The highest BCUT2D eigenvalue weighted by Gasteiger charge is 2.32. The SMILES string of the molecule is Cc1ccc(F)c(S(=O)(=O)N2CCCC(Cn3cncn3)C2)c1. The van der Waals surface area contributed by atoms with Crippen LogP contribution in [0.4, 0.5) is 4.39 Å². The minimum Gasteiger partial charge on any atom is -0.253 e. The van der Waals surface area contributed by atoms with Gasteiger partial charge >= 0.3 is 0 Å². The molecule has 1 aliphatic rings. The lowest BCUT2D eigenvalue weighted by molar-refractivity contribution is 0.239. The van der Waals surface area contributed by atoms with Crippen LogP contribution >= 0.6 is 0 Å². The van der Waals surface area contributed by atoms with Gasteiger partial charge in [0.25, 0.3) is 0 Å². The van der Waals surface area contributed by atoms with E-state index >= 15 is 0 Å². The Morgan fingerprint density at radius 1 is 1.39 bits per heavy atom. The van der Waals surface area contributed by atoms with Crippen molar-refractivity contribution in [3.8, 4) is 0 Å². The van der Waals surface area contributed by atoms with E-state index in [1.165, 1.54) is 22.8 Å². The molecule has 0 spiro atoms. The Morgan fingerprint density at radius 3 is 2.96 bits per heavy atom. The molecule has 23 heavy (non-hydrogen) atoms. The van der Waals surface area contributed by atoms with Gasteiger partial charge in [-0.3, -0.25) is 4.68 Å². The molecule has 1 aromatic heterocycles. The van der Waals surface area contributed by atoms with Crippen molar-refractivity contribution in [3.63, 3.8) is 0 Å². The summed E-state index contributed by atoms with van der Waals surface area (Å²) in [6.07, 6.45) is 4.75. The van der Waals surface area contributed by atoms with Gasteiger partial charge in [0.05, 0.1) is 0 Å². The van der Waals surface area contributed by atoms with Gasteiger partial charge < -0.3 is 0 Å². The van der Waals surface area contributed by atoms with Gasteiger partial charge in [-0.1, -0.05) is 6.07 Å². The lowest BCUT2D eigenvalue weighted by Gasteiger charge is -2.31. The number of sulfonamides is 1. The summed E-state index contributed by atoms with van der Waals surface area (Å²) in [6, 6.07) is 4.17. The number of nitrogens with zero attached hydrogens (tertiary/aromatic N) is 4. The topological polar surface area (TPSA) is 68.1 Å². The summed E-state index contributed by atoms with van der Waals surface area (Å²) in [4.78, 5) is 3.66. The molecule has 1 saturated heterocycles. The molecule has 2 heterocycles. The van der Waals surface area contributed by atoms with Gasteiger partial charge in [0.2, 0.25) is 10.0 Å². The van der Waals surface area contributed by atoms with Crippen molar-refractivity contribution >= 4 is 10.0 Å². The van der Waals surface area contributed by atoms with Crippen LogP contribution in [0.5, 0.6) is 0 Å². The normalized spacial score (nSPS) is 19.8. The van der Waals surface area contributed by atoms with E-state index in [1.54, 1.807) is 24.0 Å². The van der Waals surface area contributed by atoms with Gasteiger partial charge in [-0.25, -0.2) is 17.8 Å². The first-order chi connectivity index (χ1) is 11.0. The second-order valence-corrected chi connectivity index (χ2v) is 7.83. The molecule has 1 fully saturated rings. The van der Waals surface area contributed by atoms with Crippen LogP contribution in [0.3, 0.4) is 0 Å². The fraction of sp³-hybridized carbons (Fsp3) is 0.467. The molecule has 124 valence electrons. The zero-order valence-corrected chi connectivity index (χ0v) is 13.7. The highest BCUT2D eigenvalue weighted by atomic mass is 32.2. The van der Waals surface area contributed by atoms with E-state index in [2.05, 4.69) is 10.1 Å². The second-order valence-electron chi connectivity index (χ2n) is 5.92. The van der Waals surface area contributed by atoms with Crippen LogP contribution in [0, 0.1) is 18.7 Å². The highest BCUT2D eigenvalue weighted by Crippen LogP contribution is 2.26. The summed E-state index contributed by atoms with van der Waals surface area (Å²) < 4.78 is 42.6. The number of hydrogen-bond donors (Lipinski definition) is 0. The van der Waals surface area contributed by atoms with Crippen LogP contribution in [0.25, 0.3) is 0 Å². The first-order valence-corrected chi connectivity index (χ1v) is 8.99. The van der Waals surface area contributed by atoms with Crippen molar-refractivity contribution in [2.45, 2.75) is 31.2 Å². The summed E-state index contributed by atoms with van der Waals surface area (Å²) in [6.45, 7) is 3.16. The van der Waals surface area contributed by atoms with Crippen molar-refractivity contribution in [1.29, 1.82) is 0 Å². The Balaban J connectivity index is 1.80. The van der Waals surface area contributed by atoms with Crippen molar-refractivity contribution in [1.82, 2.24) is 19.1 Å². The molecule has 0 amide bonds. The molecule has 2 aromatic rings. The van der Waals surface area contributed by atoms with E-state index in [0.29, 0.717) is 19.6 Å². The van der Waals surface area contributed by atoms with Crippen molar-refractivity contribution < 1.29 is 12.8 Å². The fourth-order valence-electron chi connectivity index (χ4n) is 2.93. The Morgan fingerprint density at radius 2 is 2.22 bits per heavy atom. The minimum absolute atomic E-state index is 0.146. The third kappa shape index (κ3) is 3.42. The van der Waals surface area contributed by atoms with Crippen LogP contribution in [0.2, 0.25) is 0 Å². The van der Waals surface area contributed by atoms with Crippen molar-refractivity contribution in [3.05, 3.63) is 42.2 Å². The molecule has 0 radical (unpaired) electrons. The molecule has 1 atom stereocenters. The van der Waals surface area contributed by atoms with E-state index in [4.69, 9.17) is 0 Å². The van der Waals surface area contributed by atoms with E-state index in [1.807, 2.05) is 0 Å². The van der Waals surface area contributed by atoms with Gasteiger partial charge in [-0.2, -0.15) is 9.40 Å². The van der Waals surface area contributed by atoms with Crippen LogP contribution in [-0.4, -0.2) is 40.6 Å². The summed E-state index contributed by atoms with van der Waals surface area (Å²) in [5.41, 5.74) is 0.723. The predicted molar refractivity (Wildman–Crippen MR) is 82.6 cm³/mol. The molecule has 0 bridgehead atoms. The molecule has 6 nitrogen and oxygen atoms in total. The monoisotopic (exact) mass is 338 g/mol. The van der Waals surface area contributed by atoms with Crippen molar-refractivity contribution in [2.24, 2.45) is 5.92 Å². The molecule has 1 aromatic carbocycles. The molecular formula is C15H19FN4O2S. The summed E-state index contributed by atoms with van der Waals surface area (Å²) in [5.74, 6) is -0.554. The Bertz CT molecular complexity index is 777. The summed E-state index contributed by atoms with van der Waals surface area (Å²) >= 11 is 0. The molecule has 1 aliphatic heterocycles. The number of halogens is 1. The number of hydrogen-bond acceptors (Lipinski definition) is 4. The van der Waals surface area contributed by atoms with Gasteiger partial charge in [0.1, 0.15) is 23.4 Å². The molecule has 0 N–H and O–H groups in total. The Hall–Kier alpha value is -1.80. The number of piperidine rings is 1. The van der Waals surface area contributed by atoms with Gasteiger partial charge in [-0.05, 0) is 43.4 Å². The third-order valence-corrected chi connectivity index (χ3v) is 5.98. The van der Waals surface area contributed by atoms with Crippen LogP contribution in [0.1, 0.15) is 18.4 Å². The zero-order valence-electron chi connectivity index (χ0n) is 12.9. The number of benzene rings is 1. The molecule has 8 heteroatoms. The Labute approximate surface area is 135 Å². The molecule has 3 rings (SSSR count). The quantitative estimate of drug-likeness (QED) is 0.853. The van der Waals surface area contributed by atoms with Gasteiger partial charge in [0, 0.05) is 19.6 Å². The molecule has 1 unspecified atom stereocenters. The largest absolute Gasteiger partial charge is 0.253 e. The maximum Gasteiger partial charge on any atom is 0.246 e. The van der Waals surface area contributed by atoms with E-state index in [-0.39, 0.29) is 10.8 Å². The summed E-state index contributed by atoms with van der Waals surface area (Å²) in [7, 11) is -3.81. The standard InChI is InChI=1S/C15H19FN4O2S/c1-12-4-5-14(16)15(7-12)23(21,22)20-6-2-3-13(9-20)8-19-11-17-10-18-19/h4-5,7,10-11,13H,2-3,6,8-9H2,1H3. The van der Waals surface area contributed by atoms with Gasteiger partial charge in [-0.15, -0.1) is 0 Å². The number of aromatic nitrogens is 3. The first kappa shape index (κ1) is 16.1. The third-order valence-electron chi connectivity index (χ3n) is 4.10.